The average molecular weight is 649 g/mol. The van der Waals surface area contributed by atoms with E-state index in [2.05, 4.69) is 19.9 Å². The lowest BCUT2D eigenvalue weighted by molar-refractivity contribution is 0.00167. The minimum Gasteiger partial charge on any atom is -0.461 e. The Bertz CT molecular complexity index is 1670. The third-order valence-corrected chi connectivity index (χ3v) is 10.4. The lowest BCUT2D eigenvalue weighted by atomic mass is 9.93. The van der Waals surface area contributed by atoms with Crippen LogP contribution in [0.5, 0.6) is 6.01 Å². The van der Waals surface area contributed by atoms with Gasteiger partial charge in [-0.05, 0) is 72.6 Å². The smallest absolute Gasteiger partial charge is 0.411 e. The SMILES string of the molecule is Cc1ncc2c(N3CC4CCC(C=C(F)F)(C3)N4C(=O)OC(C)(C)C)nc(OCC34CCC5(CC5)N3CC(=C(F)F)C4)nc2c1F. The van der Waals surface area contributed by atoms with Gasteiger partial charge in [-0.3, -0.25) is 14.8 Å². The van der Waals surface area contributed by atoms with Gasteiger partial charge in [0.2, 0.25) is 0 Å². The molecular formula is C32H37F5N6O3. The van der Waals surface area contributed by atoms with Crippen molar-refractivity contribution in [1.29, 1.82) is 0 Å². The van der Waals surface area contributed by atoms with Gasteiger partial charge in [0.1, 0.15) is 23.5 Å². The second-order valence-corrected chi connectivity index (χ2v) is 14.6. The molecule has 4 saturated heterocycles. The van der Waals surface area contributed by atoms with E-state index in [4.69, 9.17) is 9.47 Å². The van der Waals surface area contributed by atoms with Crippen LogP contribution in [-0.4, -0.2) is 85.3 Å². The fraction of sp³-hybridized carbons (Fsp3) is 0.625. The van der Waals surface area contributed by atoms with Crippen molar-refractivity contribution in [3.63, 3.8) is 0 Å². The fourth-order valence-electron chi connectivity index (χ4n) is 8.21. The van der Waals surface area contributed by atoms with Crippen molar-refractivity contribution in [3.05, 3.63) is 41.5 Å². The summed E-state index contributed by atoms with van der Waals surface area (Å²) in [6.07, 6.45) is 2.33. The van der Waals surface area contributed by atoms with Gasteiger partial charge in [-0.25, -0.2) is 9.18 Å². The van der Waals surface area contributed by atoms with Crippen LogP contribution in [0.1, 0.15) is 71.4 Å². The van der Waals surface area contributed by atoms with Gasteiger partial charge < -0.3 is 14.4 Å². The Morgan fingerprint density at radius 3 is 2.52 bits per heavy atom. The first kappa shape index (κ1) is 31.1. The number of hydrogen-bond donors (Lipinski definition) is 0. The van der Waals surface area contributed by atoms with E-state index >= 15 is 4.39 Å². The molecular weight excluding hydrogens is 611 g/mol. The molecule has 5 fully saturated rings. The number of ether oxygens (including phenoxy) is 2. The highest BCUT2D eigenvalue weighted by molar-refractivity contribution is 5.90. The first-order chi connectivity index (χ1) is 21.6. The molecule has 1 saturated carbocycles. The molecule has 14 heteroatoms. The molecule has 3 atom stereocenters. The molecule has 3 unspecified atom stereocenters. The molecule has 0 N–H and O–H groups in total. The summed E-state index contributed by atoms with van der Waals surface area (Å²) in [7, 11) is 0. The summed E-state index contributed by atoms with van der Waals surface area (Å²) in [5.41, 5.74) is -2.78. The normalized spacial score (nSPS) is 28.2. The number of amides is 1. The minimum atomic E-state index is -1.93. The standard InChI is InChI=1S/C32H37F5N6O3/c1-18-23(35)24-21(13-38-18)26(41-15-20-5-6-31(16-41,12-22(33)34)43(20)28(44)46-29(2,3)4)40-27(39-24)45-17-32-10-9-30(7-8-30)42(32)14-19(11-32)25(36)37/h12-13,20H,5-11,14-17H2,1-4H3. The summed E-state index contributed by atoms with van der Waals surface area (Å²) in [5, 5.41) is 0.267. The summed E-state index contributed by atoms with van der Waals surface area (Å²) in [4.78, 5) is 31.9. The van der Waals surface area contributed by atoms with Crippen LogP contribution in [0.3, 0.4) is 0 Å². The molecule has 7 rings (SSSR count). The zero-order valence-electron chi connectivity index (χ0n) is 26.3. The monoisotopic (exact) mass is 648 g/mol. The van der Waals surface area contributed by atoms with Crippen molar-refractivity contribution in [2.24, 2.45) is 0 Å². The van der Waals surface area contributed by atoms with Crippen molar-refractivity contribution >= 4 is 22.8 Å². The Kier molecular flexibility index (Phi) is 7.08. The number of anilines is 1. The first-order valence-corrected chi connectivity index (χ1v) is 15.7. The number of halogens is 5. The van der Waals surface area contributed by atoms with Gasteiger partial charge >= 0.3 is 12.1 Å². The van der Waals surface area contributed by atoms with E-state index in [1.54, 1.807) is 25.7 Å². The number of hydrogen-bond acceptors (Lipinski definition) is 8. The van der Waals surface area contributed by atoms with Crippen LogP contribution in [0, 0.1) is 12.7 Å². The quantitative estimate of drug-likeness (QED) is 0.340. The number of piperazine rings is 1. The Morgan fingerprint density at radius 2 is 1.85 bits per heavy atom. The third-order valence-electron chi connectivity index (χ3n) is 10.4. The van der Waals surface area contributed by atoms with E-state index < -0.39 is 46.8 Å². The van der Waals surface area contributed by atoms with Crippen LogP contribution in [0.2, 0.25) is 0 Å². The maximum atomic E-state index is 15.6. The van der Waals surface area contributed by atoms with E-state index in [0.717, 1.165) is 25.3 Å². The van der Waals surface area contributed by atoms with Gasteiger partial charge in [-0.1, -0.05) is 0 Å². The van der Waals surface area contributed by atoms with Crippen LogP contribution >= 0.6 is 0 Å². The summed E-state index contributed by atoms with van der Waals surface area (Å²) in [5.74, 6) is -0.436. The van der Waals surface area contributed by atoms with Gasteiger partial charge in [-0.2, -0.15) is 27.5 Å². The van der Waals surface area contributed by atoms with Crippen molar-refractivity contribution in [2.45, 2.75) is 101 Å². The molecule has 248 valence electrons. The predicted molar refractivity (Wildman–Crippen MR) is 158 cm³/mol. The number of pyridine rings is 1. The lowest BCUT2D eigenvalue weighted by Crippen LogP contribution is -2.63. The topological polar surface area (TPSA) is 83.9 Å². The second kappa shape index (κ2) is 10.5. The molecule has 4 aliphatic heterocycles. The molecule has 0 radical (unpaired) electrons. The molecule has 5 aliphatic rings. The van der Waals surface area contributed by atoms with Crippen LogP contribution in [0.25, 0.3) is 10.9 Å². The minimum absolute atomic E-state index is 0.0386. The summed E-state index contributed by atoms with van der Waals surface area (Å²) < 4.78 is 82.9. The van der Waals surface area contributed by atoms with E-state index in [0.29, 0.717) is 12.8 Å². The highest BCUT2D eigenvalue weighted by Crippen LogP contribution is 2.60. The van der Waals surface area contributed by atoms with Crippen LogP contribution < -0.4 is 9.64 Å². The van der Waals surface area contributed by atoms with E-state index in [9.17, 15) is 22.4 Å². The fourth-order valence-corrected chi connectivity index (χ4v) is 8.21. The predicted octanol–water partition coefficient (Wildman–Crippen LogP) is 6.51. The van der Waals surface area contributed by atoms with Crippen molar-refractivity contribution in [2.75, 3.05) is 31.1 Å². The highest BCUT2D eigenvalue weighted by Gasteiger charge is 2.64. The molecule has 1 aliphatic carbocycles. The molecule has 0 aromatic carbocycles. The van der Waals surface area contributed by atoms with Gasteiger partial charge in [0.15, 0.2) is 5.82 Å². The van der Waals surface area contributed by atoms with Crippen molar-refractivity contribution in [3.8, 4) is 6.01 Å². The van der Waals surface area contributed by atoms with Gasteiger partial charge in [0.25, 0.3) is 12.2 Å². The number of aryl methyl sites for hydroxylation is 1. The molecule has 2 aromatic heterocycles. The number of rotatable bonds is 5. The lowest BCUT2D eigenvalue weighted by Gasteiger charge is -2.47. The van der Waals surface area contributed by atoms with E-state index in [-0.39, 0.29) is 78.6 Å². The van der Waals surface area contributed by atoms with Gasteiger partial charge in [-0.15, -0.1) is 0 Å². The Balaban J connectivity index is 1.25. The number of aromatic nitrogens is 3. The number of fused-ring (bicyclic) bond motifs is 5. The van der Waals surface area contributed by atoms with Crippen molar-refractivity contribution in [1.82, 2.24) is 24.8 Å². The molecule has 9 nitrogen and oxygen atoms in total. The number of carbonyl (C=O) groups is 1. The summed E-state index contributed by atoms with van der Waals surface area (Å²) >= 11 is 0. The van der Waals surface area contributed by atoms with E-state index in [1.165, 1.54) is 18.0 Å². The largest absolute Gasteiger partial charge is 0.461 e. The van der Waals surface area contributed by atoms with Gasteiger partial charge in [0.05, 0.1) is 28.2 Å². The summed E-state index contributed by atoms with van der Waals surface area (Å²) in [6.45, 7) is 7.03. The molecule has 46 heavy (non-hydrogen) atoms. The zero-order chi connectivity index (χ0) is 32.8. The maximum Gasteiger partial charge on any atom is 0.411 e. The van der Waals surface area contributed by atoms with Crippen LogP contribution in [0.15, 0.2) is 30.0 Å². The highest BCUT2D eigenvalue weighted by atomic mass is 19.3. The molecule has 2 bridgehead atoms. The average Bonchev–Trinajstić information content (AvgIpc) is 3.48. The van der Waals surface area contributed by atoms with Crippen LogP contribution in [0.4, 0.5) is 32.6 Å². The number of carbonyl (C=O) groups excluding carboxylic acids is 1. The maximum absolute atomic E-state index is 15.6. The zero-order valence-corrected chi connectivity index (χ0v) is 26.3. The van der Waals surface area contributed by atoms with Crippen LogP contribution in [-0.2, 0) is 4.74 Å². The Hall–Kier alpha value is -3.55. The van der Waals surface area contributed by atoms with Gasteiger partial charge in [0, 0.05) is 43.0 Å². The first-order valence-electron chi connectivity index (χ1n) is 15.7. The van der Waals surface area contributed by atoms with E-state index in [1.807, 2.05) is 0 Å². The van der Waals surface area contributed by atoms with Crippen molar-refractivity contribution < 1.29 is 36.2 Å². The Labute approximate surface area is 263 Å². The molecule has 6 heterocycles. The molecule has 2 aromatic rings. The Morgan fingerprint density at radius 1 is 1.11 bits per heavy atom. The number of nitrogens with zero attached hydrogens (tertiary/aromatic N) is 6. The molecule has 1 spiro atoms. The second-order valence-electron chi connectivity index (χ2n) is 14.6. The molecule has 1 amide bonds. The summed E-state index contributed by atoms with van der Waals surface area (Å²) in [6, 6.07) is -0.629. The third kappa shape index (κ3) is 5.07.